The summed E-state index contributed by atoms with van der Waals surface area (Å²) in [7, 11) is 0. The van der Waals surface area contributed by atoms with E-state index in [0.717, 1.165) is 0 Å². The van der Waals surface area contributed by atoms with E-state index in [9.17, 15) is 4.79 Å². The molecule has 0 bridgehead atoms. The van der Waals surface area contributed by atoms with E-state index in [1.165, 1.54) is 25.7 Å². The lowest BCUT2D eigenvalue weighted by atomic mass is 9.92. The first kappa shape index (κ1) is 12.0. The molecule has 1 aliphatic rings. The fourth-order valence-corrected chi connectivity index (χ4v) is 2.01. The highest BCUT2D eigenvalue weighted by Gasteiger charge is 2.30. The number of nitriles is 1. The van der Waals surface area contributed by atoms with E-state index in [4.69, 9.17) is 5.26 Å². The summed E-state index contributed by atoms with van der Waals surface area (Å²) in [5.41, 5.74) is -0.910. The zero-order valence-electron chi connectivity index (χ0n) is 9.84. The lowest BCUT2D eigenvalue weighted by Crippen LogP contribution is -2.43. The molecule has 1 fully saturated rings. The van der Waals surface area contributed by atoms with Crippen molar-refractivity contribution in [3.8, 4) is 6.07 Å². The van der Waals surface area contributed by atoms with Crippen LogP contribution in [-0.4, -0.2) is 11.9 Å². The van der Waals surface area contributed by atoms with E-state index in [-0.39, 0.29) is 11.9 Å². The smallest absolute Gasteiger partial charge is 0.240 e. The number of carbonyl (C=O) groups is 1. The van der Waals surface area contributed by atoms with Crippen molar-refractivity contribution in [3.05, 3.63) is 0 Å². The van der Waals surface area contributed by atoms with Crippen molar-refractivity contribution >= 4 is 5.91 Å². The number of hydrogen-bond donors (Lipinski definition) is 1. The zero-order chi connectivity index (χ0) is 11.5. The average molecular weight is 208 g/mol. The largest absolute Gasteiger partial charge is 0.352 e. The van der Waals surface area contributed by atoms with Crippen molar-refractivity contribution in [2.75, 3.05) is 0 Å². The number of carbonyl (C=O) groups excluding carboxylic acids is 1. The second-order valence-corrected chi connectivity index (χ2v) is 5.04. The van der Waals surface area contributed by atoms with Crippen LogP contribution in [0.1, 0.15) is 46.5 Å². The molecule has 0 radical (unpaired) electrons. The summed E-state index contributed by atoms with van der Waals surface area (Å²) in [6.07, 6.45) is 4.95. The summed E-state index contributed by atoms with van der Waals surface area (Å²) in [5.74, 6) is 0.452. The number of rotatable bonds is 3. The van der Waals surface area contributed by atoms with Gasteiger partial charge >= 0.3 is 0 Å². The molecule has 0 aromatic heterocycles. The molecule has 3 heteroatoms. The standard InChI is InChI=1S/C12H20N2O/c1-9(10-6-4-5-7-10)14-11(15)12(2,3)8-13/h9-10H,4-7H2,1-3H3,(H,14,15). The minimum absolute atomic E-state index is 0.149. The molecule has 15 heavy (non-hydrogen) atoms. The third-order valence-corrected chi connectivity index (χ3v) is 3.31. The van der Waals surface area contributed by atoms with E-state index in [2.05, 4.69) is 5.32 Å². The Morgan fingerprint density at radius 2 is 2.00 bits per heavy atom. The minimum atomic E-state index is -0.910. The summed E-state index contributed by atoms with van der Waals surface area (Å²) in [6, 6.07) is 2.23. The molecule has 1 atom stereocenters. The van der Waals surface area contributed by atoms with Gasteiger partial charge in [-0.3, -0.25) is 4.79 Å². The summed E-state index contributed by atoms with van der Waals surface area (Å²) in [4.78, 5) is 11.7. The topological polar surface area (TPSA) is 52.9 Å². The van der Waals surface area contributed by atoms with E-state index < -0.39 is 5.41 Å². The van der Waals surface area contributed by atoms with Gasteiger partial charge in [-0.15, -0.1) is 0 Å². The highest BCUT2D eigenvalue weighted by Crippen LogP contribution is 2.28. The van der Waals surface area contributed by atoms with Gasteiger partial charge in [-0.1, -0.05) is 12.8 Å². The van der Waals surface area contributed by atoms with Gasteiger partial charge in [-0.2, -0.15) is 5.26 Å². The van der Waals surface area contributed by atoms with Crippen LogP contribution in [0, 0.1) is 22.7 Å². The first-order valence-electron chi connectivity index (χ1n) is 5.69. The molecular formula is C12H20N2O. The molecule has 0 aromatic carbocycles. The van der Waals surface area contributed by atoms with Crippen LogP contribution in [0.5, 0.6) is 0 Å². The fraction of sp³-hybridized carbons (Fsp3) is 0.833. The zero-order valence-corrected chi connectivity index (χ0v) is 9.84. The Hall–Kier alpha value is -1.04. The molecule has 0 heterocycles. The normalized spacial score (nSPS) is 19.6. The van der Waals surface area contributed by atoms with E-state index >= 15 is 0 Å². The summed E-state index contributed by atoms with van der Waals surface area (Å²) >= 11 is 0. The van der Waals surface area contributed by atoms with Crippen LogP contribution >= 0.6 is 0 Å². The molecule has 0 spiro atoms. The quantitative estimate of drug-likeness (QED) is 0.773. The molecule has 1 unspecified atom stereocenters. The maximum atomic E-state index is 11.7. The lowest BCUT2D eigenvalue weighted by Gasteiger charge is -2.24. The number of nitrogens with zero attached hydrogens (tertiary/aromatic N) is 1. The van der Waals surface area contributed by atoms with Crippen molar-refractivity contribution in [3.63, 3.8) is 0 Å². The van der Waals surface area contributed by atoms with Crippen LogP contribution in [0.4, 0.5) is 0 Å². The molecule has 1 saturated carbocycles. The van der Waals surface area contributed by atoms with Crippen molar-refractivity contribution < 1.29 is 4.79 Å². The lowest BCUT2D eigenvalue weighted by molar-refractivity contribution is -0.127. The number of amides is 1. The van der Waals surface area contributed by atoms with Gasteiger partial charge in [0.2, 0.25) is 5.91 Å². The predicted molar refractivity (Wildman–Crippen MR) is 59.0 cm³/mol. The highest BCUT2D eigenvalue weighted by atomic mass is 16.2. The van der Waals surface area contributed by atoms with Crippen LogP contribution in [0.15, 0.2) is 0 Å². The second-order valence-electron chi connectivity index (χ2n) is 5.04. The van der Waals surface area contributed by atoms with Gasteiger partial charge in [0.1, 0.15) is 5.41 Å². The van der Waals surface area contributed by atoms with E-state index in [1.807, 2.05) is 13.0 Å². The van der Waals surface area contributed by atoms with Crippen molar-refractivity contribution in [1.82, 2.24) is 5.32 Å². The van der Waals surface area contributed by atoms with Crippen molar-refractivity contribution in [2.45, 2.75) is 52.5 Å². The van der Waals surface area contributed by atoms with E-state index in [0.29, 0.717) is 5.92 Å². The Balaban J connectivity index is 2.48. The molecule has 1 N–H and O–H groups in total. The molecule has 3 nitrogen and oxygen atoms in total. The van der Waals surface area contributed by atoms with Crippen LogP contribution in [0.25, 0.3) is 0 Å². The number of hydrogen-bond acceptors (Lipinski definition) is 2. The summed E-state index contributed by atoms with van der Waals surface area (Å²) in [6.45, 7) is 5.36. The molecule has 84 valence electrons. The van der Waals surface area contributed by atoms with E-state index in [1.54, 1.807) is 13.8 Å². The maximum Gasteiger partial charge on any atom is 0.240 e. The van der Waals surface area contributed by atoms with Gasteiger partial charge < -0.3 is 5.32 Å². The molecule has 0 aliphatic heterocycles. The maximum absolute atomic E-state index is 11.7. The van der Waals surface area contributed by atoms with Gasteiger partial charge in [0, 0.05) is 6.04 Å². The average Bonchev–Trinajstić information content (AvgIpc) is 2.70. The van der Waals surface area contributed by atoms with Gasteiger partial charge in [0.25, 0.3) is 0 Å². The molecule has 1 amide bonds. The molecular weight excluding hydrogens is 188 g/mol. The predicted octanol–water partition coefficient (Wildman–Crippen LogP) is 2.23. The monoisotopic (exact) mass is 208 g/mol. The van der Waals surface area contributed by atoms with Crippen LogP contribution < -0.4 is 5.32 Å². The molecule has 0 aromatic rings. The van der Waals surface area contributed by atoms with Gasteiger partial charge in [-0.05, 0) is 39.5 Å². The second kappa shape index (κ2) is 4.65. The van der Waals surface area contributed by atoms with Crippen LogP contribution in [0.2, 0.25) is 0 Å². The first-order chi connectivity index (χ1) is 6.97. The van der Waals surface area contributed by atoms with Gasteiger partial charge in [0.05, 0.1) is 6.07 Å². The van der Waals surface area contributed by atoms with Crippen molar-refractivity contribution in [2.24, 2.45) is 11.3 Å². The summed E-state index contributed by atoms with van der Waals surface area (Å²) < 4.78 is 0. The molecule has 1 aliphatic carbocycles. The molecule has 1 rings (SSSR count). The molecule has 0 saturated heterocycles. The Kier molecular flexibility index (Phi) is 3.73. The SMILES string of the molecule is CC(NC(=O)C(C)(C)C#N)C1CCCC1. The third kappa shape index (κ3) is 2.95. The third-order valence-electron chi connectivity index (χ3n) is 3.31. The van der Waals surface area contributed by atoms with Gasteiger partial charge in [-0.25, -0.2) is 0 Å². The Morgan fingerprint density at radius 3 is 2.47 bits per heavy atom. The van der Waals surface area contributed by atoms with Gasteiger partial charge in [0.15, 0.2) is 0 Å². The fourth-order valence-electron chi connectivity index (χ4n) is 2.01. The van der Waals surface area contributed by atoms with Crippen LogP contribution in [0.3, 0.4) is 0 Å². The van der Waals surface area contributed by atoms with Crippen LogP contribution in [-0.2, 0) is 4.79 Å². The first-order valence-corrected chi connectivity index (χ1v) is 5.69. The van der Waals surface area contributed by atoms with Crippen molar-refractivity contribution in [1.29, 1.82) is 5.26 Å². The Morgan fingerprint density at radius 1 is 1.47 bits per heavy atom. The number of nitrogens with one attached hydrogen (secondary N) is 1. The Labute approximate surface area is 91.9 Å². The highest BCUT2D eigenvalue weighted by molar-refractivity contribution is 5.84. The Bertz CT molecular complexity index is 272. The summed E-state index contributed by atoms with van der Waals surface area (Å²) in [5, 5.41) is 11.8. The minimum Gasteiger partial charge on any atom is -0.352 e.